The van der Waals surface area contributed by atoms with Crippen molar-refractivity contribution in [3.63, 3.8) is 0 Å². The summed E-state index contributed by atoms with van der Waals surface area (Å²) in [6.07, 6.45) is 4.21. The molecule has 0 spiro atoms. The molecule has 0 radical (unpaired) electrons. The minimum atomic E-state index is 0.238. The van der Waals surface area contributed by atoms with Gasteiger partial charge in [-0.15, -0.1) is 0 Å². The zero-order chi connectivity index (χ0) is 16.6. The highest BCUT2D eigenvalue weighted by molar-refractivity contribution is 6.34. The van der Waals surface area contributed by atoms with Crippen molar-refractivity contribution in [2.75, 3.05) is 0 Å². The predicted octanol–water partition coefficient (Wildman–Crippen LogP) is 6.00. The maximum atomic E-state index is 6.33. The summed E-state index contributed by atoms with van der Waals surface area (Å²) in [5.41, 5.74) is 2.78. The van der Waals surface area contributed by atoms with Gasteiger partial charge in [0.25, 0.3) is 0 Å². The molecule has 0 saturated heterocycles. The number of halogens is 2. The molecule has 1 atom stereocenters. The summed E-state index contributed by atoms with van der Waals surface area (Å²) in [6.45, 7) is 6.30. The zero-order valence-corrected chi connectivity index (χ0v) is 14.8. The summed E-state index contributed by atoms with van der Waals surface area (Å²) in [7, 11) is 0. The molecule has 0 aromatic carbocycles. The average molecular weight is 349 g/mol. The highest BCUT2D eigenvalue weighted by Gasteiger charge is 2.15. The van der Waals surface area contributed by atoms with Gasteiger partial charge in [0.2, 0.25) is 0 Å². The number of hydrogen-bond donors (Lipinski definition) is 0. The van der Waals surface area contributed by atoms with Crippen LogP contribution in [0.1, 0.15) is 49.6 Å². The molecule has 3 nitrogen and oxygen atoms in total. The third kappa shape index (κ3) is 3.51. The van der Waals surface area contributed by atoms with Crippen molar-refractivity contribution < 1.29 is 4.42 Å². The lowest BCUT2D eigenvalue weighted by atomic mass is 9.97. The topological polar surface area (TPSA) is 38.9 Å². The Hall–Kier alpha value is -1.58. The molecule has 3 aromatic heterocycles. The quantitative estimate of drug-likeness (QED) is 0.542. The Morgan fingerprint density at radius 1 is 1.09 bits per heavy atom. The molecule has 3 rings (SSSR count). The maximum absolute atomic E-state index is 6.33. The average Bonchev–Trinajstić information content (AvgIpc) is 2.92. The van der Waals surface area contributed by atoms with Gasteiger partial charge in [0, 0.05) is 30.1 Å². The number of hydrogen-bond acceptors (Lipinski definition) is 3. The van der Waals surface area contributed by atoms with E-state index >= 15 is 0 Å². The molecule has 1 unspecified atom stereocenters. The maximum Gasteiger partial charge on any atom is 0.140 e. The van der Waals surface area contributed by atoms with Crippen LogP contribution in [-0.2, 0) is 6.42 Å². The molecule has 23 heavy (non-hydrogen) atoms. The second kappa shape index (κ2) is 6.50. The summed E-state index contributed by atoms with van der Waals surface area (Å²) < 4.78 is 5.90. The van der Waals surface area contributed by atoms with Crippen molar-refractivity contribution in [1.82, 2.24) is 9.97 Å². The lowest BCUT2D eigenvalue weighted by Crippen LogP contribution is -2.01. The van der Waals surface area contributed by atoms with E-state index in [-0.39, 0.29) is 5.92 Å². The molecular formula is C18H18Cl2N2O. The molecule has 0 aliphatic carbocycles. The molecule has 0 fully saturated rings. The first-order chi connectivity index (χ1) is 10.9. The number of nitrogens with zero attached hydrogens (tertiary/aromatic N) is 2. The first-order valence-electron chi connectivity index (χ1n) is 7.63. The van der Waals surface area contributed by atoms with E-state index in [0.717, 1.165) is 34.4 Å². The van der Waals surface area contributed by atoms with E-state index in [9.17, 15) is 0 Å². The zero-order valence-electron chi connectivity index (χ0n) is 13.3. The van der Waals surface area contributed by atoms with Gasteiger partial charge in [0.05, 0.1) is 10.4 Å². The molecule has 0 N–H and O–H groups in total. The molecular weight excluding hydrogens is 331 g/mol. The van der Waals surface area contributed by atoms with Crippen LogP contribution in [0.5, 0.6) is 0 Å². The molecule has 0 saturated carbocycles. The molecule has 0 bridgehead atoms. The van der Waals surface area contributed by atoms with Crippen LogP contribution < -0.4 is 0 Å². The minimum absolute atomic E-state index is 0.238. The first-order valence-corrected chi connectivity index (χ1v) is 8.39. The normalized spacial score (nSPS) is 13.0. The van der Waals surface area contributed by atoms with Crippen molar-refractivity contribution in [1.29, 1.82) is 0 Å². The van der Waals surface area contributed by atoms with Gasteiger partial charge >= 0.3 is 0 Å². The number of furan rings is 1. The third-order valence-corrected chi connectivity index (χ3v) is 4.42. The number of fused-ring (bicyclic) bond motifs is 1. The Morgan fingerprint density at radius 3 is 2.57 bits per heavy atom. The molecule has 0 aliphatic rings. The summed E-state index contributed by atoms with van der Waals surface area (Å²) >= 11 is 12.3. The van der Waals surface area contributed by atoms with Gasteiger partial charge in [-0.1, -0.05) is 44.0 Å². The minimum Gasteiger partial charge on any atom is -0.461 e. The largest absolute Gasteiger partial charge is 0.461 e. The lowest BCUT2D eigenvalue weighted by molar-refractivity contribution is 0.521. The van der Waals surface area contributed by atoms with E-state index in [2.05, 4.69) is 30.7 Å². The Labute approximate surface area is 145 Å². The summed E-state index contributed by atoms with van der Waals surface area (Å²) in [6, 6.07) is 5.88. The Kier molecular flexibility index (Phi) is 4.60. The van der Waals surface area contributed by atoms with Gasteiger partial charge in [-0.2, -0.15) is 0 Å². The fraction of sp³-hybridized carbons (Fsp3) is 0.333. The van der Waals surface area contributed by atoms with Gasteiger partial charge in [-0.3, -0.25) is 4.98 Å². The molecule has 3 heterocycles. The second-order valence-electron chi connectivity index (χ2n) is 6.16. The standard InChI is InChI=1S/C18H18Cl2N2O/c1-10(2)16-7-15-17(23-16)6-14(22-18(15)20)4-11(3)12-5-13(19)9-21-8-12/h5-11H,4H2,1-3H3. The van der Waals surface area contributed by atoms with Crippen molar-refractivity contribution in [2.45, 2.75) is 39.0 Å². The highest BCUT2D eigenvalue weighted by Crippen LogP contribution is 2.31. The van der Waals surface area contributed by atoms with Crippen LogP contribution in [0.15, 0.2) is 35.0 Å². The van der Waals surface area contributed by atoms with Crippen molar-refractivity contribution in [3.8, 4) is 0 Å². The van der Waals surface area contributed by atoms with Crippen LogP contribution in [-0.4, -0.2) is 9.97 Å². The van der Waals surface area contributed by atoms with Crippen LogP contribution in [0.4, 0.5) is 0 Å². The molecule has 3 aromatic rings. The Balaban J connectivity index is 1.91. The fourth-order valence-electron chi connectivity index (χ4n) is 2.58. The van der Waals surface area contributed by atoms with Gasteiger partial charge in [0.15, 0.2) is 0 Å². The van der Waals surface area contributed by atoms with Crippen LogP contribution >= 0.6 is 23.2 Å². The SMILES string of the molecule is CC(C)c1cc2c(Cl)nc(CC(C)c3cncc(Cl)c3)cc2o1. The predicted molar refractivity (Wildman–Crippen MR) is 94.5 cm³/mol. The summed E-state index contributed by atoms with van der Waals surface area (Å²) in [4.78, 5) is 8.65. The first kappa shape index (κ1) is 16.3. The third-order valence-electron chi connectivity index (χ3n) is 3.92. The highest BCUT2D eigenvalue weighted by atomic mass is 35.5. The number of aromatic nitrogens is 2. The van der Waals surface area contributed by atoms with Gasteiger partial charge in [0.1, 0.15) is 16.5 Å². The molecule has 0 aliphatic heterocycles. The monoisotopic (exact) mass is 348 g/mol. The van der Waals surface area contributed by atoms with Crippen LogP contribution in [0, 0.1) is 0 Å². The second-order valence-corrected chi connectivity index (χ2v) is 6.96. The van der Waals surface area contributed by atoms with Crippen LogP contribution in [0.3, 0.4) is 0 Å². The summed E-state index contributed by atoms with van der Waals surface area (Å²) in [5.74, 6) is 1.48. The number of pyridine rings is 2. The van der Waals surface area contributed by atoms with Crippen molar-refractivity contribution in [3.05, 3.63) is 57.8 Å². The number of rotatable bonds is 4. The van der Waals surface area contributed by atoms with Gasteiger partial charge in [-0.25, -0.2) is 4.98 Å². The lowest BCUT2D eigenvalue weighted by Gasteiger charge is -2.11. The summed E-state index contributed by atoms with van der Waals surface area (Å²) in [5, 5.41) is 2.00. The fourth-order valence-corrected chi connectivity index (χ4v) is 3.02. The molecule has 0 amide bonds. The van der Waals surface area contributed by atoms with E-state index in [0.29, 0.717) is 16.1 Å². The Morgan fingerprint density at radius 2 is 1.87 bits per heavy atom. The molecule has 5 heteroatoms. The van der Waals surface area contributed by atoms with Crippen molar-refractivity contribution >= 4 is 34.2 Å². The van der Waals surface area contributed by atoms with Gasteiger partial charge < -0.3 is 4.42 Å². The van der Waals surface area contributed by atoms with Gasteiger partial charge in [-0.05, 0) is 30.0 Å². The van der Waals surface area contributed by atoms with Crippen LogP contribution in [0.2, 0.25) is 10.2 Å². The van der Waals surface area contributed by atoms with Crippen LogP contribution in [0.25, 0.3) is 11.0 Å². The molecule has 120 valence electrons. The van der Waals surface area contributed by atoms with E-state index < -0.39 is 0 Å². The van der Waals surface area contributed by atoms with E-state index in [1.165, 1.54) is 0 Å². The smallest absolute Gasteiger partial charge is 0.140 e. The van der Waals surface area contributed by atoms with E-state index in [1.807, 2.05) is 24.4 Å². The Bertz CT molecular complexity index is 842. The van der Waals surface area contributed by atoms with Crippen molar-refractivity contribution in [2.24, 2.45) is 0 Å². The van der Waals surface area contributed by atoms with E-state index in [1.54, 1.807) is 6.20 Å². The van der Waals surface area contributed by atoms with E-state index in [4.69, 9.17) is 27.6 Å².